The lowest BCUT2D eigenvalue weighted by Gasteiger charge is -2.35. The molecule has 1 amide bonds. The number of carboxylic acid groups (broad SMARTS) is 1. The second-order valence-corrected chi connectivity index (χ2v) is 12.7. The first-order valence-electron chi connectivity index (χ1n) is 13.3. The lowest BCUT2D eigenvalue weighted by atomic mass is 9.82. The minimum Gasteiger partial charge on any atom is -0.477 e. The Balaban J connectivity index is 1.82. The number of hydrogen-bond donors (Lipinski definition) is 2. The van der Waals surface area contributed by atoms with Crippen LogP contribution in [0.3, 0.4) is 0 Å². The standard InChI is InChI=1S/C28H43N5O3S/c1-18-8-12-21(13-9-18)26(34)33(22-16-23(28(4,5)6)37-25(22)27(35)36)20(3)11-10-19(2)31-32(7)24-17-29-14-15-30-24/h14-21,31H,8-13H2,1-7H3,(H,35,36)/t18?,19-,20+,21?/m0/s1. The fourth-order valence-corrected chi connectivity index (χ4v) is 5.95. The molecule has 204 valence electrons. The summed E-state index contributed by atoms with van der Waals surface area (Å²) >= 11 is 1.29. The van der Waals surface area contributed by atoms with Gasteiger partial charge in [-0.1, -0.05) is 27.7 Å². The van der Waals surface area contributed by atoms with E-state index in [0.29, 0.717) is 11.6 Å². The maximum absolute atomic E-state index is 14.0. The van der Waals surface area contributed by atoms with Crippen molar-refractivity contribution in [1.82, 2.24) is 15.4 Å². The Morgan fingerprint density at radius 2 is 1.84 bits per heavy atom. The number of rotatable bonds is 10. The van der Waals surface area contributed by atoms with E-state index in [1.807, 2.05) is 29.9 Å². The molecule has 1 aliphatic carbocycles. The van der Waals surface area contributed by atoms with E-state index in [9.17, 15) is 14.7 Å². The second-order valence-electron chi connectivity index (χ2n) is 11.6. The molecule has 1 fully saturated rings. The summed E-state index contributed by atoms with van der Waals surface area (Å²) in [6.07, 6.45) is 10.3. The Kier molecular flexibility index (Phi) is 9.69. The summed E-state index contributed by atoms with van der Waals surface area (Å²) in [5.74, 6) is 0.397. The number of amides is 1. The van der Waals surface area contributed by atoms with Crippen molar-refractivity contribution in [2.75, 3.05) is 17.0 Å². The van der Waals surface area contributed by atoms with Crippen molar-refractivity contribution in [2.45, 2.75) is 97.6 Å². The Labute approximate surface area is 225 Å². The summed E-state index contributed by atoms with van der Waals surface area (Å²) in [5, 5.41) is 11.9. The van der Waals surface area contributed by atoms with E-state index in [0.717, 1.165) is 49.2 Å². The van der Waals surface area contributed by atoms with Crippen molar-refractivity contribution in [3.63, 3.8) is 0 Å². The molecule has 1 aliphatic rings. The van der Waals surface area contributed by atoms with Crippen LogP contribution in [0.5, 0.6) is 0 Å². The van der Waals surface area contributed by atoms with E-state index in [1.165, 1.54) is 11.3 Å². The number of aromatic nitrogens is 2. The highest BCUT2D eigenvalue weighted by atomic mass is 32.1. The zero-order valence-corrected chi connectivity index (χ0v) is 24.1. The van der Waals surface area contributed by atoms with Gasteiger partial charge in [-0.05, 0) is 69.8 Å². The Bertz CT molecular complexity index is 1040. The van der Waals surface area contributed by atoms with Crippen LogP contribution in [-0.2, 0) is 10.2 Å². The predicted octanol–water partition coefficient (Wildman–Crippen LogP) is 5.89. The van der Waals surface area contributed by atoms with Gasteiger partial charge in [0, 0.05) is 42.3 Å². The van der Waals surface area contributed by atoms with Gasteiger partial charge in [0.2, 0.25) is 5.91 Å². The first-order valence-corrected chi connectivity index (χ1v) is 14.2. The summed E-state index contributed by atoms with van der Waals surface area (Å²) in [6, 6.07) is 1.92. The van der Waals surface area contributed by atoms with Crippen LogP contribution >= 0.6 is 11.3 Å². The molecular weight excluding hydrogens is 486 g/mol. The molecule has 2 aromatic heterocycles. The van der Waals surface area contributed by atoms with Crippen molar-refractivity contribution in [2.24, 2.45) is 11.8 Å². The highest BCUT2D eigenvalue weighted by Gasteiger charge is 2.35. The lowest BCUT2D eigenvalue weighted by molar-refractivity contribution is -0.124. The third-order valence-electron chi connectivity index (χ3n) is 7.27. The Morgan fingerprint density at radius 3 is 2.41 bits per heavy atom. The van der Waals surface area contributed by atoms with Crippen LogP contribution < -0.4 is 15.3 Å². The normalized spacial score (nSPS) is 19.8. The molecule has 0 bridgehead atoms. The summed E-state index contributed by atoms with van der Waals surface area (Å²) in [7, 11) is 1.91. The number of carbonyl (C=O) groups is 2. The molecule has 2 N–H and O–H groups in total. The molecule has 2 heterocycles. The maximum Gasteiger partial charge on any atom is 0.348 e. The van der Waals surface area contributed by atoms with Crippen LogP contribution in [-0.4, -0.2) is 46.1 Å². The SMILES string of the molecule is CC1CCC(C(=O)N(c2cc(C(C)(C)C)sc2C(=O)O)[C@H](C)CC[C@H](C)NN(C)c2cnccn2)CC1. The minimum absolute atomic E-state index is 0.0587. The van der Waals surface area contributed by atoms with Gasteiger partial charge in [0.1, 0.15) is 4.88 Å². The molecule has 0 aromatic carbocycles. The highest BCUT2D eigenvalue weighted by Crippen LogP contribution is 2.40. The van der Waals surface area contributed by atoms with Crippen molar-refractivity contribution in [3.8, 4) is 0 Å². The van der Waals surface area contributed by atoms with E-state index in [2.05, 4.69) is 50.0 Å². The first-order chi connectivity index (χ1) is 17.4. The monoisotopic (exact) mass is 529 g/mol. The Hall–Kier alpha value is -2.52. The number of anilines is 2. The zero-order valence-electron chi connectivity index (χ0n) is 23.3. The van der Waals surface area contributed by atoms with E-state index in [-0.39, 0.29) is 34.2 Å². The third kappa shape index (κ3) is 7.51. The largest absolute Gasteiger partial charge is 0.477 e. The maximum atomic E-state index is 14.0. The molecule has 0 radical (unpaired) electrons. The molecular formula is C28H43N5O3S. The summed E-state index contributed by atoms with van der Waals surface area (Å²) in [6.45, 7) is 12.6. The number of nitrogens with zero attached hydrogens (tertiary/aromatic N) is 4. The van der Waals surface area contributed by atoms with Crippen LogP contribution in [0.1, 0.15) is 94.6 Å². The van der Waals surface area contributed by atoms with Crippen molar-refractivity contribution < 1.29 is 14.7 Å². The van der Waals surface area contributed by atoms with Crippen LogP contribution in [0.15, 0.2) is 24.7 Å². The third-order valence-corrected chi connectivity index (χ3v) is 8.81. The predicted molar refractivity (Wildman–Crippen MR) is 150 cm³/mol. The van der Waals surface area contributed by atoms with E-state index in [1.54, 1.807) is 18.6 Å². The van der Waals surface area contributed by atoms with Gasteiger partial charge in [-0.2, -0.15) is 0 Å². The van der Waals surface area contributed by atoms with Gasteiger partial charge < -0.3 is 10.0 Å². The van der Waals surface area contributed by atoms with Gasteiger partial charge in [-0.15, -0.1) is 11.3 Å². The van der Waals surface area contributed by atoms with Gasteiger partial charge in [0.25, 0.3) is 0 Å². The first kappa shape index (κ1) is 29.0. The van der Waals surface area contributed by atoms with E-state index >= 15 is 0 Å². The topological polar surface area (TPSA) is 98.7 Å². The number of aromatic carboxylic acids is 1. The average molecular weight is 530 g/mol. The summed E-state index contributed by atoms with van der Waals surface area (Å²) < 4.78 is 0. The van der Waals surface area contributed by atoms with Crippen molar-refractivity contribution in [1.29, 1.82) is 0 Å². The molecule has 8 nitrogen and oxygen atoms in total. The van der Waals surface area contributed by atoms with Crippen LogP contribution in [0.4, 0.5) is 11.5 Å². The van der Waals surface area contributed by atoms with Crippen LogP contribution in [0.25, 0.3) is 0 Å². The molecule has 37 heavy (non-hydrogen) atoms. The molecule has 2 atom stereocenters. The van der Waals surface area contributed by atoms with Crippen molar-refractivity contribution in [3.05, 3.63) is 34.4 Å². The minimum atomic E-state index is -0.974. The van der Waals surface area contributed by atoms with E-state index < -0.39 is 5.97 Å². The number of thiophene rings is 1. The van der Waals surface area contributed by atoms with Gasteiger partial charge in [-0.3, -0.25) is 14.8 Å². The number of nitrogens with one attached hydrogen (secondary N) is 1. The van der Waals surface area contributed by atoms with Gasteiger partial charge >= 0.3 is 5.97 Å². The number of hydrogen-bond acceptors (Lipinski definition) is 7. The smallest absolute Gasteiger partial charge is 0.348 e. The lowest BCUT2D eigenvalue weighted by Crippen LogP contribution is -2.45. The summed E-state index contributed by atoms with van der Waals surface area (Å²) in [4.78, 5) is 37.8. The van der Waals surface area contributed by atoms with Crippen LogP contribution in [0, 0.1) is 11.8 Å². The fourth-order valence-electron chi connectivity index (χ4n) is 4.91. The fraction of sp³-hybridized carbons (Fsp3) is 0.643. The molecule has 0 saturated heterocycles. The van der Waals surface area contributed by atoms with Gasteiger partial charge in [0.05, 0.1) is 11.9 Å². The highest BCUT2D eigenvalue weighted by molar-refractivity contribution is 7.14. The molecule has 2 aromatic rings. The summed E-state index contributed by atoms with van der Waals surface area (Å²) in [5.41, 5.74) is 3.77. The molecule has 1 saturated carbocycles. The zero-order chi connectivity index (χ0) is 27.3. The number of carbonyl (C=O) groups excluding carboxylic acids is 1. The van der Waals surface area contributed by atoms with Gasteiger partial charge in [-0.25, -0.2) is 15.2 Å². The molecule has 0 aliphatic heterocycles. The quantitative estimate of drug-likeness (QED) is 0.370. The second kappa shape index (κ2) is 12.3. The number of carboxylic acids is 1. The number of hydrazine groups is 1. The Morgan fingerprint density at radius 1 is 1.16 bits per heavy atom. The van der Waals surface area contributed by atoms with Crippen molar-refractivity contribution >= 4 is 34.7 Å². The van der Waals surface area contributed by atoms with E-state index in [4.69, 9.17) is 0 Å². The van der Waals surface area contributed by atoms with Gasteiger partial charge in [0.15, 0.2) is 5.82 Å². The molecule has 9 heteroatoms. The average Bonchev–Trinajstić information content (AvgIpc) is 3.30. The van der Waals surface area contributed by atoms with Crippen LogP contribution in [0.2, 0.25) is 0 Å². The molecule has 0 spiro atoms. The molecule has 3 rings (SSSR count). The molecule has 0 unspecified atom stereocenters.